The number of aryl methyl sites for hydroxylation is 3. The second-order valence-electron chi connectivity index (χ2n) is 7.16. The number of hydrogen-bond donors (Lipinski definition) is 2. The third kappa shape index (κ3) is 5.48. The molecule has 2 N–H and O–H groups in total. The lowest BCUT2D eigenvalue weighted by atomic mass is 10.1. The van der Waals surface area contributed by atoms with Crippen molar-refractivity contribution in [3.8, 4) is 0 Å². The van der Waals surface area contributed by atoms with Crippen LogP contribution in [-0.2, 0) is 16.6 Å². The lowest BCUT2D eigenvalue weighted by Gasteiger charge is -2.13. The second kappa shape index (κ2) is 9.58. The molecule has 30 heavy (non-hydrogen) atoms. The SMILES string of the molecule is Cc1ccccc1NS(=O)(=O)c1ccc(C)c(C(=O)NCCCCn2ccnc2)c1. The summed E-state index contributed by atoms with van der Waals surface area (Å²) in [5.41, 5.74) is 2.42. The molecule has 0 saturated carbocycles. The van der Waals surface area contributed by atoms with Gasteiger partial charge >= 0.3 is 0 Å². The molecular formula is C22H26N4O3S. The van der Waals surface area contributed by atoms with Crippen molar-refractivity contribution in [3.63, 3.8) is 0 Å². The number of sulfonamides is 1. The van der Waals surface area contributed by atoms with Gasteiger partial charge < -0.3 is 9.88 Å². The van der Waals surface area contributed by atoms with E-state index in [-0.39, 0.29) is 10.8 Å². The molecule has 0 bridgehead atoms. The van der Waals surface area contributed by atoms with Gasteiger partial charge in [0.15, 0.2) is 0 Å². The summed E-state index contributed by atoms with van der Waals surface area (Å²) in [7, 11) is -3.80. The molecule has 0 unspecified atom stereocenters. The van der Waals surface area contributed by atoms with Gasteiger partial charge in [-0.1, -0.05) is 24.3 Å². The average molecular weight is 427 g/mol. The van der Waals surface area contributed by atoms with E-state index >= 15 is 0 Å². The van der Waals surface area contributed by atoms with E-state index in [1.807, 2.05) is 29.8 Å². The molecule has 158 valence electrons. The molecule has 0 spiro atoms. The number of amides is 1. The second-order valence-corrected chi connectivity index (χ2v) is 8.84. The zero-order valence-electron chi connectivity index (χ0n) is 17.1. The number of carbonyl (C=O) groups excluding carboxylic acids is 1. The maximum Gasteiger partial charge on any atom is 0.261 e. The van der Waals surface area contributed by atoms with E-state index < -0.39 is 10.0 Å². The van der Waals surface area contributed by atoms with E-state index in [1.54, 1.807) is 37.6 Å². The number of para-hydroxylation sites is 1. The van der Waals surface area contributed by atoms with Crippen LogP contribution in [0.15, 0.2) is 66.1 Å². The number of imidazole rings is 1. The summed E-state index contributed by atoms with van der Waals surface area (Å²) < 4.78 is 30.2. The zero-order valence-corrected chi connectivity index (χ0v) is 17.9. The highest BCUT2D eigenvalue weighted by Gasteiger charge is 2.18. The first kappa shape index (κ1) is 21.6. The zero-order chi connectivity index (χ0) is 21.6. The Balaban J connectivity index is 1.63. The van der Waals surface area contributed by atoms with Gasteiger partial charge in [-0.15, -0.1) is 0 Å². The summed E-state index contributed by atoms with van der Waals surface area (Å²) in [6.07, 6.45) is 7.12. The molecule has 0 aliphatic rings. The van der Waals surface area contributed by atoms with Crippen molar-refractivity contribution in [3.05, 3.63) is 77.9 Å². The third-order valence-corrected chi connectivity index (χ3v) is 6.20. The van der Waals surface area contributed by atoms with E-state index in [0.717, 1.165) is 30.5 Å². The maximum absolute atomic E-state index is 12.8. The number of carbonyl (C=O) groups is 1. The molecule has 0 radical (unpaired) electrons. The Labute approximate surface area is 177 Å². The first-order chi connectivity index (χ1) is 14.4. The smallest absolute Gasteiger partial charge is 0.261 e. The molecule has 8 heteroatoms. The average Bonchev–Trinajstić information content (AvgIpc) is 3.23. The van der Waals surface area contributed by atoms with Crippen molar-refractivity contribution < 1.29 is 13.2 Å². The number of anilines is 1. The van der Waals surface area contributed by atoms with Crippen LogP contribution in [0.3, 0.4) is 0 Å². The maximum atomic E-state index is 12.8. The fourth-order valence-electron chi connectivity index (χ4n) is 3.04. The van der Waals surface area contributed by atoms with Crippen LogP contribution in [0.2, 0.25) is 0 Å². The number of unbranched alkanes of at least 4 members (excludes halogenated alkanes) is 1. The van der Waals surface area contributed by atoms with Gasteiger partial charge in [0.2, 0.25) is 0 Å². The van der Waals surface area contributed by atoms with Gasteiger partial charge in [0, 0.05) is 31.0 Å². The Bertz CT molecular complexity index is 1110. The standard InChI is InChI=1S/C22H26N4O3S/c1-17-9-10-19(30(28,29)25-21-8-4-3-7-18(21)2)15-20(17)22(27)24-11-5-6-13-26-14-12-23-16-26/h3-4,7-10,12,14-16,25H,5-6,11,13H2,1-2H3,(H,24,27). The Morgan fingerprint density at radius 3 is 2.60 bits per heavy atom. The molecule has 2 aromatic carbocycles. The van der Waals surface area contributed by atoms with Crippen LogP contribution >= 0.6 is 0 Å². The van der Waals surface area contributed by atoms with Crippen molar-refractivity contribution in [2.75, 3.05) is 11.3 Å². The summed E-state index contributed by atoms with van der Waals surface area (Å²) in [6, 6.07) is 11.7. The van der Waals surface area contributed by atoms with E-state index in [1.165, 1.54) is 12.1 Å². The van der Waals surface area contributed by atoms with Gasteiger partial charge in [-0.3, -0.25) is 9.52 Å². The summed E-state index contributed by atoms with van der Waals surface area (Å²) in [5, 5.41) is 2.88. The summed E-state index contributed by atoms with van der Waals surface area (Å²) in [4.78, 5) is 16.7. The minimum atomic E-state index is -3.80. The number of hydrogen-bond acceptors (Lipinski definition) is 4. The van der Waals surface area contributed by atoms with Crippen LogP contribution in [0.5, 0.6) is 0 Å². The highest BCUT2D eigenvalue weighted by molar-refractivity contribution is 7.92. The van der Waals surface area contributed by atoms with Gasteiger partial charge in [-0.2, -0.15) is 0 Å². The first-order valence-corrected chi connectivity index (χ1v) is 11.3. The molecule has 0 aliphatic heterocycles. The number of rotatable bonds is 9. The van der Waals surface area contributed by atoms with Gasteiger partial charge in [0.1, 0.15) is 0 Å². The fourth-order valence-corrected chi connectivity index (χ4v) is 4.20. The molecule has 0 aliphatic carbocycles. The molecule has 0 fully saturated rings. The first-order valence-electron chi connectivity index (χ1n) is 9.80. The van der Waals surface area contributed by atoms with Gasteiger partial charge in [-0.05, 0) is 56.0 Å². The number of nitrogens with one attached hydrogen (secondary N) is 2. The minimum absolute atomic E-state index is 0.0570. The lowest BCUT2D eigenvalue weighted by molar-refractivity contribution is 0.0952. The molecule has 1 aromatic heterocycles. The Hall–Kier alpha value is -3.13. The Morgan fingerprint density at radius 2 is 1.87 bits per heavy atom. The lowest BCUT2D eigenvalue weighted by Crippen LogP contribution is -2.26. The highest BCUT2D eigenvalue weighted by Crippen LogP contribution is 2.21. The molecule has 1 amide bonds. The molecular weight excluding hydrogens is 400 g/mol. The van der Waals surface area contributed by atoms with Crippen molar-refractivity contribution >= 4 is 21.6 Å². The van der Waals surface area contributed by atoms with Crippen LogP contribution in [0.4, 0.5) is 5.69 Å². The predicted octanol–water partition coefficient (Wildman–Crippen LogP) is 3.51. The summed E-state index contributed by atoms with van der Waals surface area (Å²) >= 11 is 0. The largest absolute Gasteiger partial charge is 0.352 e. The third-order valence-electron chi connectivity index (χ3n) is 4.84. The van der Waals surface area contributed by atoms with Gasteiger partial charge in [-0.25, -0.2) is 13.4 Å². The normalized spacial score (nSPS) is 11.3. The monoisotopic (exact) mass is 426 g/mol. The molecule has 3 aromatic rings. The fraction of sp³-hybridized carbons (Fsp3) is 0.273. The minimum Gasteiger partial charge on any atom is -0.352 e. The topological polar surface area (TPSA) is 93.1 Å². The van der Waals surface area contributed by atoms with Crippen molar-refractivity contribution in [1.29, 1.82) is 0 Å². The van der Waals surface area contributed by atoms with Gasteiger partial charge in [0.05, 0.1) is 16.9 Å². The van der Waals surface area contributed by atoms with Crippen molar-refractivity contribution in [2.24, 2.45) is 0 Å². The van der Waals surface area contributed by atoms with E-state index in [9.17, 15) is 13.2 Å². The number of nitrogens with zero attached hydrogens (tertiary/aromatic N) is 2. The van der Waals surface area contributed by atoms with Crippen LogP contribution < -0.4 is 10.0 Å². The van der Waals surface area contributed by atoms with Crippen LogP contribution in [0.25, 0.3) is 0 Å². The molecule has 0 atom stereocenters. The number of aromatic nitrogens is 2. The number of benzene rings is 2. The summed E-state index contributed by atoms with van der Waals surface area (Å²) in [5.74, 6) is -0.275. The van der Waals surface area contributed by atoms with Crippen LogP contribution in [0.1, 0.15) is 34.3 Å². The highest BCUT2D eigenvalue weighted by atomic mass is 32.2. The molecule has 1 heterocycles. The quantitative estimate of drug-likeness (QED) is 0.512. The Kier molecular flexibility index (Phi) is 6.89. The summed E-state index contributed by atoms with van der Waals surface area (Å²) in [6.45, 7) is 4.98. The molecule has 3 rings (SSSR count). The van der Waals surface area contributed by atoms with E-state index in [4.69, 9.17) is 0 Å². The van der Waals surface area contributed by atoms with Crippen LogP contribution in [-0.4, -0.2) is 30.4 Å². The van der Waals surface area contributed by atoms with E-state index in [0.29, 0.717) is 17.8 Å². The van der Waals surface area contributed by atoms with Crippen molar-refractivity contribution in [1.82, 2.24) is 14.9 Å². The Morgan fingerprint density at radius 1 is 1.07 bits per heavy atom. The van der Waals surface area contributed by atoms with Crippen molar-refractivity contribution in [2.45, 2.75) is 38.1 Å². The molecule has 0 saturated heterocycles. The van der Waals surface area contributed by atoms with E-state index in [2.05, 4.69) is 15.0 Å². The van der Waals surface area contributed by atoms with Gasteiger partial charge in [0.25, 0.3) is 15.9 Å². The van der Waals surface area contributed by atoms with Crippen LogP contribution in [0, 0.1) is 13.8 Å². The molecule has 7 nitrogen and oxygen atoms in total. The predicted molar refractivity (Wildman–Crippen MR) is 117 cm³/mol.